The Morgan fingerprint density at radius 2 is 2.28 bits per heavy atom. The first kappa shape index (κ1) is 12.9. The highest BCUT2D eigenvalue weighted by Gasteiger charge is 2.41. The fourth-order valence-corrected chi connectivity index (χ4v) is 2.71. The van der Waals surface area contributed by atoms with Crippen molar-refractivity contribution in [3.05, 3.63) is 29.8 Å². The highest BCUT2D eigenvalue weighted by molar-refractivity contribution is 5.70. The molecule has 18 heavy (non-hydrogen) atoms. The number of aliphatic carboxylic acids is 1. The summed E-state index contributed by atoms with van der Waals surface area (Å²) in [6.45, 7) is 0. The smallest absolute Gasteiger partial charge is 0.119 e. The van der Waals surface area contributed by atoms with E-state index in [9.17, 15) is 15.0 Å². The molecule has 0 aliphatic heterocycles. The van der Waals surface area contributed by atoms with Gasteiger partial charge in [-0.25, -0.2) is 0 Å². The van der Waals surface area contributed by atoms with Gasteiger partial charge in [0.1, 0.15) is 5.75 Å². The van der Waals surface area contributed by atoms with Crippen LogP contribution in [0.1, 0.15) is 31.2 Å². The zero-order valence-electron chi connectivity index (χ0n) is 10.4. The van der Waals surface area contributed by atoms with Gasteiger partial charge in [0.05, 0.1) is 12.7 Å². The third-order valence-corrected chi connectivity index (χ3v) is 3.73. The molecular weight excluding hydrogens is 232 g/mol. The molecule has 1 aliphatic carbocycles. The average molecular weight is 249 g/mol. The minimum absolute atomic E-state index is 0.443. The van der Waals surface area contributed by atoms with Gasteiger partial charge >= 0.3 is 0 Å². The predicted molar refractivity (Wildman–Crippen MR) is 63.9 cm³/mol. The Hall–Kier alpha value is -1.55. The predicted octanol–water partition coefficient (Wildman–Crippen LogP) is 0.823. The summed E-state index contributed by atoms with van der Waals surface area (Å²) >= 11 is 0. The maximum atomic E-state index is 11.2. The molecular formula is C14H17O4-. The lowest BCUT2D eigenvalue weighted by atomic mass is 9.71. The van der Waals surface area contributed by atoms with Crippen LogP contribution < -0.4 is 9.84 Å². The van der Waals surface area contributed by atoms with Crippen LogP contribution in [0.4, 0.5) is 0 Å². The molecule has 98 valence electrons. The third-order valence-electron chi connectivity index (χ3n) is 3.73. The third kappa shape index (κ3) is 2.20. The Kier molecular flexibility index (Phi) is 3.57. The van der Waals surface area contributed by atoms with E-state index < -0.39 is 17.5 Å². The van der Waals surface area contributed by atoms with Crippen molar-refractivity contribution in [1.29, 1.82) is 0 Å². The summed E-state index contributed by atoms with van der Waals surface area (Å²) in [5, 5.41) is 21.9. The van der Waals surface area contributed by atoms with Gasteiger partial charge in [-0.2, -0.15) is 0 Å². The van der Waals surface area contributed by atoms with Crippen molar-refractivity contribution in [3.63, 3.8) is 0 Å². The van der Waals surface area contributed by atoms with Gasteiger partial charge in [0.2, 0.25) is 0 Å². The molecule has 0 bridgehead atoms. The minimum atomic E-state index is -1.34. The first-order valence-corrected chi connectivity index (χ1v) is 6.15. The Morgan fingerprint density at radius 3 is 2.94 bits per heavy atom. The van der Waals surface area contributed by atoms with Gasteiger partial charge in [-0.15, -0.1) is 0 Å². The van der Waals surface area contributed by atoms with E-state index in [4.69, 9.17) is 4.74 Å². The van der Waals surface area contributed by atoms with Gasteiger partial charge in [-0.3, -0.25) is 0 Å². The van der Waals surface area contributed by atoms with E-state index in [1.165, 1.54) is 0 Å². The lowest BCUT2D eigenvalue weighted by molar-refractivity contribution is -0.319. The average Bonchev–Trinajstić information content (AvgIpc) is 2.39. The van der Waals surface area contributed by atoms with Crippen molar-refractivity contribution >= 4 is 5.97 Å². The summed E-state index contributed by atoms with van der Waals surface area (Å²) in [6, 6.07) is 6.96. The molecule has 1 N–H and O–H groups in total. The number of carboxylic acids is 1. The lowest BCUT2D eigenvalue weighted by Crippen LogP contribution is -2.47. The Bertz CT molecular complexity index is 443. The van der Waals surface area contributed by atoms with Crippen LogP contribution in [-0.4, -0.2) is 18.2 Å². The topological polar surface area (TPSA) is 69.6 Å². The van der Waals surface area contributed by atoms with Crippen LogP contribution in [0, 0.1) is 5.92 Å². The first-order valence-electron chi connectivity index (χ1n) is 6.15. The van der Waals surface area contributed by atoms with Gasteiger partial charge < -0.3 is 19.7 Å². The Labute approximate surface area is 106 Å². The fraction of sp³-hybridized carbons (Fsp3) is 0.500. The summed E-state index contributed by atoms with van der Waals surface area (Å²) in [6.07, 6.45) is 2.53. The standard InChI is InChI=1S/C14H18O4/c1-18-11-6-4-5-10(9-11)14(17)8-3-2-7-12(14)13(15)16/h4-6,9,12,17H,2-3,7-8H2,1H3,(H,15,16)/p-1/t12-,14+/m1/s1. The summed E-state index contributed by atoms with van der Waals surface area (Å²) in [4.78, 5) is 11.2. The van der Waals surface area contributed by atoms with Gasteiger partial charge in [-0.05, 0) is 30.5 Å². The maximum Gasteiger partial charge on any atom is 0.119 e. The van der Waals surface area contributed by atoms with Crippen molar-refractivity contribution in [2.75, 3.05) is 7.11 Å². The van der Waals surface area contributed by atoms with Gasteiger partial charge in [0.15, 0.2) is 0 Å². The molecule has 4 heteroatoms. The van der Waals surface area contributed by atoms with Crippen LogP contribution in [0.5, 0.6) is 5.75 Å². The number of rotatable bonds is 3. The lowest BCUT2D eigenvalue weighted by Gasteiger charge is -2.41. The van der Waals surface area contributed by atoms with Crippen LogP contribution in [0.2, 0.25) is 0 Å². The van der Waals surface area contributed by atoms with Crippen LogP contribution in [0.25, 0.3) is 0 Å². The molecule has 1 aliphatic rings. The van der Waals surface area contributed by atoms with Crippen LogP contribution in [0.15, 0.2) is 24.3 Å². The van der Waals surface area contributed by atoms with Crippen molar-refractivity contribution in [2.24, 2.45) is 5.92 Å². The van der Waals surface area contributed by atoms with Crippen molar-refractivity contribution in [2.45, 2.75) is 31.3 Å². The van der Waals surface area contributed by atoms with Crippen molar-refractivity contribution in [3.8, 4) is 5.75 Å². The van der Waals surface area contributed by atoms with E-state index in [1.807, 2.05) is 0 Å². The Morgan fingerprint density at radius 1 is 1.50 bits per heavy atom. The largest absolute Gasteiger partial charge is 0.550 e. The van der Waals surface area contributed by atoms with E-state index in [1.54, 1.807) is 31.4 Å². The number of carbonyl (C=O) groups is 1. The Balaban J connectivity index is 2.40. The van der Waals surface area contributed by atoms with E-state index in [0.29, 0.717) is 24.2 Å². The highest BCUT2D eigenvalue weighted by atomic mass is 16.5. The number of hydrogen-bond donors (Lipinski definition) is 1. The normalized spacial score (nSPS) is 27.8. The second kappa shape index (κ2) is 4.98. The van der Waals surface area contributed by atoms with Crippen LogP contribution in [0.3, 0.4) is 0 Å². The fourth-order valence-electron chi connectivity index (χ4n) is 2.71. The second-order valence-corrected chi connectivity index (χ2v) is 4.77. The van der Waals surface area contributed by atoms with E-state index in [2.05, 4.69) is 0 Å². The van der Waals surface area contributed by atoms with E-state index >= 15 is 0 Å². The molecule has 2 atom stereocenters. The molecule has 0 unspecified atom stereocenters. The molecule has 1 saturated carbocycles. The SMILES string of the molecule is COc1cccc([C@@]2(O)CCCC[C@@H]2C(=O)[O-])c1. The molecule has 1 aromatic carbocycles. The van der Waals surface area contributed by atoms with Gasteiger partial charge in [-0.1, -0.05) is 25.0 Å². The van der Waals surface area contributed by atoms with Crippen molar-refractivity contribution < 1.29 is 19.7 Å². The number of ether oxygens (including phenoxy) is 1. The quantitative estimate of drug-likeness (QED) is 0.861. The molecule has 2 rings (SSSR count). The second-order valence-electron chi connectivity index (χ2n) is 4.77. The van der Waals surface area contributed by atoms with Gasteiger partial charge in [0.25, 0.3) is 0 Å². The minimum Gasteiger partial charge on any atom is -0.550 e. The number of carboxylic acid groups (broad SMARTS) is 1. The zero-order valence-corrected chi connectivity index (χ0v) is 10.4. The maximum absolute atomic E-state index is 11.2. The molecule has 1 fully saturated rings. The summed E-state index contributed by atoms with van der Waals surface area (Å²) < 4.78 is 5.11. The summed E-state index contributed by atoms with van der Waals surface area (Å²) in [7, 11) is 1.54. The number of methoxy groups -OCH3 is 1. The van der Waals surface area contributed by atoms with Crippen LogP contribution in [-0.2, 0) is 10.4 Å². The molecule has 1 aromatic rings. The number of hydrogen-bond acceptors (Lipinski definition) is 4. The van der Waals surface area contributed by atoms with Crippen molar-refractivity contribution in [1.82, 2.24) is 0 Å². The highest BCUT2D eigenvalue weighted by Crippen LogP contribution is 2.42. The molecule has 4 nitrogen and oxygen atoms in total. The number of benzene rings is 1. The molecule has 0 heterocycles. The monoisotopic (exact) mass is 249 g/mol. The number of carbonyl (C=O) groups excluding carboxylic acids is 1. The molecule has 0 amide bonds. The molecule has 0 saturated heterocycles. The van der Waals surface area contributed by atoms with Gasteiger partial charge in [0, 0.05) is 11.9 Å². The summed E-state index contributed by atoms with van der Waals surface area (Å²) in [5.41, 5.74) is -0.748. The molecule has 0 radical (unpaired) electrons. The van der Waals surface area contributed by atoms with E-state index in [0.717, 1.165) is 12.8 Å². The number of aliphatic hydroxyl groups is 1. The first-order chi connectivity index (χ1) is 8.58. The van der Waals surface area contributed by atoms with Crippen LogP contribution >= 0.6 is 0 Å². The van der Waals surface area contributed by atoms with E-state index in [-0.39, 0.29) is 0 Å². The summed E-state index contributed by atoms with van der Waals surface area (Å²) in [5.74, 6) is -1.41. The molecule has 0 aromatic heterocycles. The zero-order chi connectivity index (χ0) is 13.2. The molecule has 0 spiro atoms.